The highest BCUT2D eigenvalue weighted by Crippen LogP contribution is 2.16. The van der Waals surface area contributed by atoms with Crippen LogP contribution in [0.1, 0.15) is 15.9 Å². The summed E-state index contributed by atoms with van der Waals surface area (Å²) in [6.45, 7) is 3.77. The number of carbonyl (C=O) groups is 1. The lowest BCUT2D eigenvalue weighted by molar-refractivity contribution is 0.0881. The molecule has 27 heavy (non-hydrogen) atoms. The molecule has 0 aliphatic carbocycles. The van der Waals surface area contributed by atoms with Gasteiger partial charge in [-0.25, -0.2) is 4.39 Å². The Kier molecular flexibility index (Phi) is 6.42. The van der Waals surface area contributed by atoms with Crippen LogP contribution in [0.2, 0.25) is 0 Å². The number of likely N-dealkylation sites (N-methyl/N-ethyl adjacent to an activating group) is 2. The number of amides is 1. The van der Waals surface area contributed by atoms with Crippen LogP contribution in [0.3, 0.4) is 0 Å². The Morgan fingerprint density at radius 2 is 1.89 bits per heavy atom. The van der Waals surface area contributed by atoms with Crippen LogP contribution in [0.4, 0.5) is 4.39 Å². The van der Waals surface area contributed by atoms with Crippen molar-refractivity contribution < 1.29 is 13.9 Å². The Morgan fingerprint density at radius 1 is 1.15 bits per heavy atom. The highest BCUT2D eigenvalue weighted by molar-refractivity contribution is 5.94. The zero-order valence-electron chi connectivity index (χ0n) is 15.8. The second kappa shape index (κ2) is 8.97. The molecule has 0 radical (unpaired) electrons. The second-order valence-electron chi connectivity index (χ2n) is 7.01. The van der Waals surface area contributed by atoms with Crippen molar-refractivity contribution in [1.29, 1.82) is 0 Å². The third-order valence-corrected chi connectivity index (χ3v) is 4.95. The van der Waals surface area contributed by atoms with Gasteiger partial charge in [0.25, 0.3) is 5.91 Å². The zero-order valence-corrected chi connectivity index (χ0v) is 15.8. The average Bonchev–Trinajstić information content (AvgIpc) is 2.68. The number of hydrogen-bond donors (Lipinski definition) is 1. The minimum absolute atomic E-state index is 0.0997. The fraction of sp³-hybridized carbons (Fsp3) is 0.381. The van der Waals surface area contributed by atoms with E-state index in [1.165, 1.54) is 6.07 Å². The van der Waals surface area contributed by atoms with Crippen LogP contribution in [0.5, 0.6) is 5.75 Å². The van der Waals surface area contributed by atoms with Crippen LogP contribution in [0, 0.1) is 5.82 Å². The third-order valence-electron chi connectivity index (χ3n) is 4.95. The van der Waals surface area contributed by atoms with E-state index in [1.807, 2.05) is 0 Å². The summed E-state index contributed by atoms with van der Waals surface area (Å²) in [5.41, 5.74) is 1.08. The van der Waals surface area contributed by atoms with Crippen molar-refractivity contribution in [3.63, 3.8) is 0 Å². The molecule has 1 saturated heterocycles. The summed E-state index contributed by atoms with van der Waals surface area (Å²) in [4.78, 5) is 16.9. The van der Waals surface area contributed by atoms with Crippen molar-refractivity contribution in [3.05, 3.63) is 65.5 Å². The molecule has 0 saturated carbocycles. The smallest absolute Gasteiger partial charge is 0.251 e. The normalized spacial score (nSPS) is 18.3. The maximum atomic E-state index is 13.6. The van der Waals surface area contributed by atoms with Gasteiger partial charge in [-0.05, 0) is 44.4 Å². The van der Waals surface area contributed by atoms with Gasteiger partial charge in [0.05, 0.1) is 0 Å². The molecule has 1 N–H and O–H groups in total. The lowest BCUT2D eigenvalue weighted by Gasteiger charge is -2.37. The van der Waals surface area contributed by atoms with Gasteiger partial charge in [0, 0.05) is 43.3 Å². The van der Waals surface area contributed by atoms with Crippen LogP contribution >= 0.6 is 0 Å². The summed E-state index contributed by atoms with van der Waals surface area (Å²) in [5.74, 6) is 0.215. The van der Waals surface area contributed by atoms with Gasteiger partial charge in [-0.2, -0.15) is 0 Å². The van der Waals surface area contributed by atoms with Crippen molar-refractivity contribution in [2.24, 2.45) is 0 Å². The van der Waals surface area contributed by atoms with E-state index >= 15 is 0 Å². The van der Waals surface area contributed by atoms with E-state index in [2.05, 4.69) is 29.2 Å². The summed E-state index contributed by atoms with van der Waals surface area (Å²) in [6.07, 6.45) is 0. The molecule has 1 atom stereocenters. The highest BCUT2D eigenvalue weighted by Gasteiger charge is 2.22. The van der Waals surface area contributed by atoms with Crippen LogP contribution in [-0.2, 0) is 6.61 Å². The maximum Gasteiger partial charge on any atom is 0.251 e. The van der Waals surface area contributed by atoms with E-state index in [0.29, 0.717) is 29.5 Å². The van der Waals surface area contributed by atoms with Gasteiger partial charge >= 0.3 is 0 Å². The molecule has 144 valence electrons. The van der Waals surface area contributed by atoms with E-state index in [0.717, 1.165) is 19.6 Å². The summed E-state index contributed by atoms with van der Waals surface area (Å²) >= 11 is 0. The summed E-state index contributed by atoms with van der Waals surface area (Å²) in [7, 11) is 4.19. The fourth-order valence-corrected chi connectivity index (χ4v) is 3.11. The minimum atomic E-state index is -0.285. The van der Waals surface area contributed by atoms with E-state index in [9.17, 15) is 9.18 Å². The first-order chi connectivity index (χ1) is 13.0. The molecule has 1 amide bonds. The SMILES string of the molecule is CN1CCN(C)[C@@H](CNC(=O)c2ccc(OCc3ccccc3F)cc2)C1. The van der Waals surface area contributed by atoms with Gasteiger partial charge in [0.2, 0.25) is 0 Å². The fourth-order valence-electron chi connectivity index (χ4n) is 3.11. The topological polar surface area (TPSA) is 44.8 Å². The van der Waals surface area contributed by atoms with E-state index in [4.69, 9.17) is 4.74 Å². The molecule has 5 nitrogen and oxygen atoms in total. The Labute approximate surface area is 159 Å². The van der Waals surface area contributed by atoms with Crippen molar-refractivity contribution in [2.45, 2.75) is 12.6 Å². The van der Waals surface area contributed by atoms with E-state index < -0.39 is 0 Å². The predicted molar refractivity (Wildman–Crippen MR) is 103 cm³/mol. The van der Waals surface area contributed by atoms with E-state index in [-0.39, 0.29) is 18.3 Å². The Balaban J connectivity index is 1.50. The Bertz CT molecular complexity index is 766. The molecule has 0 unspecified atom stereocenters. The molecule has 2 aromatic carbocycles. The second-order valence-corrected chi connectivity index (χ2v) is 7.01. The van der Waals surface area contributed by atoms with Gasteiger partial charge < -0.3 is 15.0 Å². The monoisotopic (exact) mass is 371 g/mol. The predicted octanol–water partition coefficient (Wildman–Crippen LogP) is 2.38. The molecular weight excluding hydrogens is 345 g/mol. The number of benzene rings is 2. The van der Waals surface area contributed by atoms with Crippen LogP contribution in [0.25, 0.3) is 0 Å². The number of halogens is 1. The van der Waals surface area contributed by atoms with E-state index in [1.54, 1.807) is 42.5 Å². The quantitative estimate of drug-likeness (QED) is 0.847. The minimum Gasteiger partial charge on any atom is -0.489 e. The first kappa shape index (κ1) is 19.3. The molecule has 1 fully saturated rings. The Morgan fingerprint density at radius 3 is 2.63 bits per heavy atom. The standard InChI is InChI=1S/C21H26FN3O2/c1-24-11-12-25(2)18(14-24)13-23-21(26)16-7-9-19(10-8-16)27-15-17-5-3-4-6-20(17)22/h3-10,18H,11-15H2,1-2H3,(H,23,26)/t18-/m0/s1. The molecule has 0 spiro atoms. The number of nitrogens with zero attached hydrogens (tertiary/aromatic N) is 2. The lowest BCUT2D eigenvalue weighted by atomic mass is 10.1. The first-order valence-electron chi connectivity index (χ1n) is 9.16. The molecular formula is C21H26FN3O2. The van der Waals surface area contributed by atoms with Crippen LogP contribution in [-0.4, -0.2) is 62.0 Å². The molecule has 2 aromatic rings. The molecule has 6 heteroatoms. The Hall–Kier alpha value is -2.44. The highest BCUT2D eigenvalue weighted by atomic mass is 19.1. The number of hydrogen-bond acceptors (Lipinski definition) is 4. The largest absolute Gasteiger partial charge is 0.489 e. The average molecular weight is 371 g/mol. The number of rotatable bonds is 6. The molecule has 0 bridgehead atoms. The number of ether oxygens (including phenoxy) is 1. The molecule has 1 aliphatic rings. The number of piperazine rings is 1. The van der Waals surface area contributed by atoms with Crippen molar-refractivity contribution in [3.8, 4) is 5.75 Å². The summed E-state index contributed by atoms with van der Waals surface area (Å²) in [6, 6.07) is 13.8. The van der Waals surface area contributed by atoms with Gasteiger partial charge in [0.15, 0.2) is 0 Å². The lowest BCUT2D eigenvalue weighted by Crippen LogP contribution is -2.54. The van der Waals surface area contributed by atoms with Gasteiger partial charge in [0.1, 0.15) is 18.2 Å². The number of carbonyl (C=O) groups excluding carboxylic acids is 1. The van der Waals surface area contributed by atoms with Crippen LogP contribution < -0.4 is 10.1 Å². The van der Waals surface area contributed by atoms with Crippen molar-refractivity contribution in [1.82, 2.24) is 15.1 Å². The maximum absolute atomic E-state index is 13.6. The first-order valence-corrected chi connectivity index (χ1v) is 9.16. The van der Waals surface area contributed by atoms with Crippen molar-refractivity contribution in [2.75, 3.05) is 40.3 Å². The third kappa shape index (κ3) is 5.28. The summed E-state index contributed by atoms with van der Waals surface area (Å²) < 4.78 is 19.2. The molecule has 0 aromatic heterocycles. The molecule has 1 aliphatic heterocycles. The summed E-state index contributed by atoms with van der Waals surface area (Å²) in [5, 5.41) is 3.01. The number of nitrogens with one attached hydrogen (secondary N) is 1. The van der Waals surface area contributed by atoms with Crippen molar-refractivity contribution >= 4 is 5.91 Å². The zero-order chi connectivity index (χ0) is 19.2. The van der Waals surface area contributed by atoms with Crippen LogP contribution in [0.15, 0.2) is 48.5 Å². The molecule has 3 rings (SSSR count). The van der Waals surface area contributed by atoms with Gasteiger partial charge in [-0.15, -0.1) is 0 Å². The van der Waals surface area contributed by atoms with Gasteiger partial charge in [-0.1, -0.05) is 18.2 Å². The van der Waals surface area contributed by atoms with Gasteiger partial charge in [-0.3, -0.25) is 9.69 Å². The molecule has 1 heterocycles.